The number of nitrogens with two attached hydrogens (primary N) is 1. The molecule has 6 heteroatoms. The van der Waals surface area contributed by atoms with E-state index in [9.17, 15) is 15.0 Å². The van der Waals surface area contributed by atoms with Crippen molar-refractivity contribution < 1.29 is 19.8 Å². The van der Waals surface area contributed by atoms with Gasteiger partial charge < -0.3 is 20.8 Å². The van der Waals surface area contributed by atoms with Gasteiger partial charge in [0.1, 0.15) is 5.41 Å². The van der Waals surface area contributed by atoms with Crippen LogP contribution >= 0.6 is 0 Å². The predicted molar refractivity (Wildman–Crippen MR) is 165 cm³/mol. The minimum Gasteiger partial charge on any atom is -0.388 e. The first-order valence-electron chi connectivity index (χ1n) is 16.4. The molecular weight excluding hydrogens is 524 g/mol. The van der Waals surface area contributed by atoms with Crippen molar-refractivity contribution in [2.75, 3.05) is 0 Å². The van der Waals surface area contributed by atoms with Crippen molar-refractivity contribution in [3.8, 4) is 0 Å². The average molecular weight is 575 g/mol. The number of hydrogen-bond donors (Lipinski definition) is 3. The van der Waals surface area contributed by atoms with Gasteiger partial charge in [-0.2, -0.15) is 0 Å². The molecule has 0 unspecified atom stereocenters. The fourth-order valence-electron chi connectivity index (χ4n) is 8.23. The minimum atomic E-state index is -1.32. The quantitative estimate of drug-likeness (QED) is 0.309. The van der Waals surface area contributed by atoms with Crippen LogP contribution in [0.5, 0.6) is 0 Å². The van der Waals surface area contributed by atoms with Gasteiger partial charge in [0.15, 0.2) is 0 Å². The smallest absolute Gasteiger partial charge is 0.238 e. The van der Waals surface area contributed by atoms with Crippen LogP contribution in [0.25, 0.3) is 0 Å². The van der Waals surface area contributed by atoms with Gasteiger partial charge in [0.05, 0.1) is 23.3 Å². The van der Waals surface area contributed by atoms with Crippen molar-refractivity contribution in [3.05, 3.63) is 71.8 Å². The van der Waals surface area contributed by atoms with Crippen LogP contribution in [0.4, 0.5) is 0 Å². The summed E-state index contributed by atoms with van der Waals surface area (Å²) in [6.45, 7) is 0. The standard InChI is InChI=1S/C36H50N2O4/c37-32(39)34(20-10-3-11-21-34)33(40)38(30(26-28-16-6-1-7-17-28)35(41)22-12-4-13-23-35)31(27-29-18-8-2-9-19-29)36(42)24-14-5-15-25-36/h1-2,6-9,16-19,30-31,41-42H,3-5,10-15,20-27H2,(H2,37,39)/t30-,31-/m1/s1. The Morgan fingerprint density at radius 3 is 1.33 bits per heavy atom. The number of benzene rings is 2. The summed E-state index contributed by atoms with van der Waals surface area (Å²) < 4.78 is 0. The molecule has 228 valence electrons. The third-order valence-electron chi connectivity index (χ3n) is 10.7. The van der Waals surface area contributed by atoms with Gasteiger partial charge >= 0.3 is 0 Å². The van der Waals surface area contributed by atoms with Gasteiger partial charge in [-0.05, 0) is 62.5 Å². The summed E-state index contributed by atoms with van der Waals surface area (Å²) in [7, 11) is 0. The molecule has 4 N–H and O–H groups in total. The van der Waals surface area contributed by atoms with Gasteiger partial charge in [-0.3, -0.25) is 9.59 Å². The van der Waals surface area contributed by atoms with E-state index in [0.717, 1.165) is 68.9 Å². The summed E-state index contributed by atoms with van der Waals surface area (Å²) in [5, 5.41) is 25.1. The minimum absolute atomic E-state index is 0.283. The van der Waals surface area contributed by atoms with Gasteiger partial charge in [0.25, 0.3) is 0 Å². The number of rotatable bonds is 10. The second-order valence-electron chi connectivity index (χ2n) is 13.5. The molecule has 0 heterocycles. The largest absolute Gasteiger partial charge is 0.388 e. The fourth-order valence-corrected chi connectivity index (χ4v) is 8.23. The number of nitrogens with zero attached hydrogens (tertiary/aromatic N) is 1. The van der Waals surface area contributed by atoms with E-state index in [1.807, 2.05) is 65.6 Å². The zero-order valence-corrected chi connectivity index (χ0v) is 25.2. The molecule has 0 aliphatic heterocycles. The molecule has 0 aromatic heterocycles. The third-order valence-corrected chi connectivity index (χ3v) is 10.7. The lowest BCUT2D eigenvalue weighted by molar-refractivity contribution is -0.177. The van der Waals surface area contributed by atoms with E-state index in [-0.39, 0.29) is 5.91 Å². The van der Waals surface area contributed by atoms with E-state index >= 15 is 4.79 Å². The first-order valence-corrected chi connectivity index (χ1v) is 16.4. The van der Waals surface area contributed by atoms with E-state index in [0.29, 0.717) is 51.4 Å². The molecule has 3 saturated carbocycles. The van der Waals surface area contributed by atoms with E-state index < -0.39 is 34.6 Å². The maximum absolute atomic E-state index is 15.3. The lowest BCUT2D eigenvalue weighted by atomic mass is 9.68. The van der Waals surface area contributed by atoms with Gasteiger partial charge in [0.2, 0.25) is 11.8 Å². The zero-order chi connectivity index (χ0) is 29.6. The Hall–Kier alpha value is -2.70. The number of primary amides is 1. The van der Waals surface area contributed by atoms with E-state index in [4.69, 9.17) is 5.73 Å². The molecule has 5 rings (SSSR count). The molecule has 3 aliphatic carbocycles. The maximum atomic E-state index is 15.3. The van der Waals surface area contributed by atoms with Crippen molar-refractivity contribution in [3.63, 3.8) is 0 Å². The number of aliphatic hydroxyl groups is 2. The summed E-state index contributed by atoms with van der Waals surface area (Å²) >= 11 is 0. The lowest BCUT2D eigenvalue weighted by Gasteiger charge is -2.54. The van der Waals surface area contributed by atoms with E-state index in [2.05, 4.69) is 0 Å². The highest BCUT2D eigenvalue weighted by Gasteiger charge is 2.56. The SMILES string of the molecule is NC(=O)C1(C(=O)N([C@H](Cc2ccccc2)C2(O)CCCCC2)[C@H](Cc2ccccc2)C2(O)CCCCC2)CCCCC1. The van der Waals surface area contributed by atoms with Crippen LogP contribution in [-0.2, 0) is 22.4 Å². The topological polar surface area (TPSA) is 104 Å². The van der Waals surface area contributed by atoms with E-state index in [1.165, 1.54) is 0 Å². The monoisotopic (exact) mass is 574 g/mol. The van der Waals surface area contributed by atoms with Crippen molar-refractivity contribution in [1.82, 2.24) is 4.90 Å². The average Bonchev–Trinajstić information content (AvgIpc) is 3.02. The van der Waals surface area contributed by atoms with Crippen molar-refractivity contribution in [2.24, 2.45) is 11.1 Å². The molecule has 6 nitrogen and oxygen atoms in total. The van der Waals surface area contributed by atoms with Crippen LogP contribution in [0.1, 0.15) is 107 Å². The summed E-state index contributed by atoms with van der Waals surface area (Å²) in [6.07, 6.45) is 12.3. The first-order chi connectivity index (χ1) is 20.3. The highest BCUT2D eigenvalue weighted by molar-refractivity contribution is 6.04. The molecule has 0 saturated heterocycles. The molecular formula is C36H50N2O4. The molecule has 2 aromatic rings. The molecule has 2 amide bonds. The van der Waals surface area contributed by atoms with Crippen LogP contribution in [0.2, 0.25) is 0 Å². The maximum Gasteiger partial charge on any atom is 0.238 e. The normalized spacial score (nSPS) is 22.9. The molecule has 0 radical (unpaired) electrons. The highest BCUT2D eigenvalue weighted by Crippen LogP contribution is 2.45. The van der Waals surface area contributed by atoms with Gasteiger partial charge in [0, 0.05) is 0 Å². The molecule has 2 aromatic carbocycles. The zero-order valence-electron chi connectivity index (χ0n) is 25.2. The van der Waals surface area contributed by atoms with Gasteiger partial charge in [-0.1, -0.05) is 118 Å². The van der Waals surface area contributed by atoms with Crippen LogP contribution in [0.15, 0.2) is 60.7 Å². The molecule has 2 atom stereocenters. The van der Waals surface area contributed by atoms with Crippen LogP contribution < -0.4 is 5.73 Å². The fraction of sp³-hybridized carbons (Fsp3) is 0.611. The summed E-state index contributed by atoms with van der Waals surface area (Å²) in [5.41, 5.74) is 4.65. The summed E-state index contributed by atoms with van der Waals surface area (Å²) in [5.74, 6) is -0.852. The Kier molecular flexibility index (Phi) is 9.74. The Balaban J connectivity index is 1.70. The third kappa shape index (κ3) is 6.45. The van der Waals surface area contributed by atoms with Crippen LogP contribution in [0.3, 0.4) is 0 Å². The highest BCUT2D eigenvalue weighted by atomic mass is 16.3. The van der Waals surface area contributed by atoms with Crippen LogP contribution in [-0.4, -0.2) is 50.2 Å². The lowest BCUT2D eigenvalue weighted by Crippen LogP contribution is -2.69. The summed E-state index contributed by atoms with van der Waals surface area (Å²) in [6, 6.07) is 18.9. The number of hydrogen-bond acceptors (Lipinski definition) is 4. The van der Waals surface area contributed by atoms with Crippen molar-refractivity contribution in [1.29, 1.82) is 0 Å². The number of amides is 2. The molecule has 42 heavy (non-hydrogen) atoms. The summed E-state index contributed by atoms with van der Waals surface area (Å²) in [4.78, 5) is 30.5. The van der Waals surface area contributed by atoms with Crippen molar-refractivity contribution >= 4 is 11.8 Å². The second-order valence-corrected chi connectivity index (χ2v) is 13.5. The second kappa shape index (κ2) is 13.3. The number of carbonyl (C=O) groups is 2. The van der Waals surface area contributed by atoms with Gasteiger partial charge in [-0.25, -0.2) is 0 Å². The van der Waals surface area contributed by atoms with Crippen molar-refractivity contribution in [2.45, 2.75) is 132 Å². The molecule has 3 fully saturated rings. The molecule has 0 spiro atoms. The first kappa shape index (κ1) is 30.7. The molecule has 0 bridgehead atoms. The van der Waals surface area contributed by atoms with E-state index in [1.54, 1.807) is 0 Å². The Morgan fingerprint density at radius 2 is 0.976 bits per heavy atom. The predicted octanol–water partition coefficient (Wildman–Crippen LogP) is 5.86. The molecule has 3 aliphatic rings. The van der Waals surface area contributed by atoms with Crippen LogP contribution in [0, 0.1) is 5.41 Å². The van der Waals surface area contributed by atoms with Gasteiger partial charge in [-0.15, -0.1) is 0 Å². The Morgan fingerprint density at radius 1 is 0.619 bits per heavy atom. The number of carbonyl (C=O) groups excluding carboxylic acids is 2. The Bertz CT molecular complexity index is 1100. The Labute approximate surface area is 251 Å².